The minimum atomic E-state index is -1.18. The van der Waals surface area contributed by atoms with Gasteiger partial charge in [0.25, 0.3) is 0 Å². The summed E-state index contributed by atoms with van der Waals surface area (Å²) < 4.78 is 34.9. The summed E-state index contributed by atoms with van der Waals surface area (Å²) in [6.07, 6.45) is 4.80. The van der Waals surface area contributed by atoms with Crippen LogP contribution in [0.25, 0.3) is 16.9 Å². The summed E-state index contributed by atoms with van der Waals surface area (Å²) in [5, 5.41) is 25.6. The van der Waals surface area contributed by atoms with Crippen LogP contribution in [0.4, 0.5) is 8.78 Å². The van der Waals surface area contributed by atoms with E-state index in [0.717, 1.165) is 6.20 Å². The maximum atomic E-state index is 14.6. The summed E-state index contributed by atoms with van der Waals surface area (Å²) in [5.41, 5.74) is 1.10. The minimum absolute atomic E-state index is 0.0517. The maximum Gasteiger partial charge on any atom is 0.233 e. The monoisotopic (exact) mass is 411 g/mol. The molecule has 0 saturated carbocycles. The lowest BCUT2D eigenvalue weighted by Gasteiger charge is -2.38. The van der Waals surface area contributed by atoms with E-state index in [-0.39, 0.29) is 23.2 Å². The molecule has 1 unspecified atom stereocenters. The quantitative estimate of drug-likeness (QED) is 0.642. The Bertz CT molecular complexity index is 1120. The third-order valence-corrected chi connectivity index (χ3v) is 5.48. The number of benzene rings is 1. The molecule has 2 N–H and O–H groups in total. The van der Waals surface area contributed by atoms with Crippen LogP contribution in [0, 0.1) is 5.82 Å². The highest BCUT2D eigenvalue weighted by molar-refractivity contribution is 5.68. The van der Waals surface area contributed by atoms with Gasteiger partial charge in [0.2, 0.25) is 5.88 Å². The number of phenols is 1. The van der Waals surface area contributed by atoms with E-state index >= 15 is 0 Å². The van der Waals surface area contributed by atoms with Crippen LogP contribution in [-0.4, -0.2) is 48.9 Å². The van der Waals surface area contributed by atoms with Crippen molar-refractivity contribution in [2.45, 2.75) is 37.2 Å². The number of hydrogen-bond donors (Lipinski definition) is 2. The molecule has 9 heteroatoms. The molecular weight excluding hydrogens is 392 g/mol. The average molecular weight is 411 g/mol. The fourth-order valence-corrected chi connectivity index (χ4v) is 3.98. The molecule has 3 aromatic rings. The highest BCUT2D eigenvalue weighted by atomic mass is 19.1. The third kappa shape index (κ3) is 3.30. The van der Waals surface area contributed by atoms with Gasteiger partial charge >= 0.3 is 0 Å². The molecule has 2 bridgehead atoms. The number of piperidine rings is 1. The number of alkyl halides is 1. The lowest BCUT2D eigenvalue weighted by atomic mass is 9.90. The van der Waals surface area contributed by atoms with E-state index in [0.29, 0.717) is 23.4 Å². The van der Waals surface area contributed by atoms with Crippen LogP contribution in [-0.2, 0) is 0 Å². The van der Waals surface area contributed by atoms with E-state index in [1.54, 1.807) is 24.3 Å². The van der Waals surface area contributed by atoms with E-state index in [9.17, 15) is 13.9 Å². The lowest BCUT2D eigenvalue weighted by Crippen LogP contribution is -2.57. The third-order valence-electron chi connectivity index (χ3n) is 5.48. The van der Waals surface area contributed by atoms with Gasteiger partial charge in [0.15, 0.2) is 12.0 Å². The Hall–Kier alpha value is -3.33. The normalized spacial score (nSPS) is 27.4. The highest BCUT2D eigenvalue weighted by Crippen LogP contribution is 2.34. The molecule has 0 radical (unpaired) electrons. The Kier molecular flexibility index (Phi) is 4.28. The molecule has 2 aliphatic heterocycles. The second kappa shape index (κ2) is 6.88. The molecule has 0 aliphatic carbocycles. The molecule has 0 amide bonds. The fourth-order valence-electron chi connectivity index (χ4n) is 3.98. The van der Waals surface area contributed by atoms with Gasteiger partial charge < -0.3 is 9.84 Å². The first-order chi connectivity index (χ1) is 14.4. The molecule has 0 spiro atoms. The van der Waals surface area contributed by atoms with Gasteiger partial charge in [0.05, 0.1) is 29.8 Å². The summed E-state index contributed by atoms with van der Waals surface area (Å²) in [4.78, 5) is 0. The molecule has 5 rings (SSSR count). The van der Waals surface area contributed by atoms with E-state index in [1.807, 2.05) is 19.1 Å². The summed E-state index contributed by atoms with van der Waals surface area (Å²) in [6, 6.07) is 7.67. The number of nitrogens with one attached hydrogen (secondary N) is 1. The zero-order chi connectivity index (χ0) is 20.9. The zero-order valence-corrected chi connectivity index (χ0v) is 16.0. The number of hydrogen-bond acceptors (Lipinski definition) is 6. The highest BCUT2D eigenvalue weighted by Gasteiger charge is 2.46. The first-order valence-electron chi connectivity index (χ1n) is 9.56. The van der Waals surface area contributed by atoms with Gasteiger partial charge in [-0.05, 0) is 25.1 Å². The van der Waals surface area contributed by atoms with Gasteiger partial charge in [-0.1, -0.05) is 12.2 Å². The number of ether oxygens (including phenoxy) is 1. The molecule has 1 saturated heterocycles. The Balaban J connectivity index is 1.33. The summed E-state index contributed by atoms with van der Waals surface area (Å²) in [7, 11) is 0. The molecule has 1 aromatic carbocycles. The number of nitrogens with zero attached hydrogens (tertiary/aromatic N) is 4. The molecule has 7 nitrogen and oxygen atoms in total. The van der Waals surface area contributed by atoms with Crippen molar-refractivity contribution in [2.24, 2.45) is 0 Å². The lowest BCUT2D eigenvalue weighted by molar-refractivity contribution is 0.0295. The SMILES string of the molecule is C[C@@]12C=CC(N1)[C@@H](F)[C@@H](Oc1ccc(-c3ccc(-n4cc(F)cn4)cc3O)nn1)C2. The standard InChI is InChI=1S/C21H19F2N5O2/c1-21-7-6-16(25-21)20(23)18(9-21)30-19-5-4-15(26-27-19)14-3-2-13(8-17(14)29)28-11-12(22)10-24-28/h2-8,10-11,16,18,20,25,29H,9H2,1H3/t16?,18-,20+,21-/m0/s1. The van der Waals surface area contributed by atoms with Crippen molar-refractivity contribution in [3.63, 3.8) is 0 Å². The average Bonchev–Trinajstić information content (AvgIpc) is 3.31. The number of aromatic nitrogens is 4. The first kappa shape index (κ1) is 18.7. The van der Waals surface area contributed by atoms with E-state index in [1.165, 1.54) is 16.9 Å². The largest absolute Gasteiger partial charge is 0.507 e. The van der Waals surface area contributed by atoms with Crippen molar-refractivity contribution in [2.75, 3.05) is 0 Å². The smallest absolute Gasteiger partial charge is 0.233 e. The summed E-state index contributed by atoms with van der Waals surface area (Å²) in [6.45, 7) is 2.00. The molecule has 30 heavy (non-hydrogen) atoms. The molecule has 1 fully saturated rings. The maximum absolute atomic E-state index is 14.6. The second-order valence-electron chi connectivity index (χ2n) is 7.81. The Morgan fingerprint density at radius 1 is 1.27 bits per heavy atom. The van der Waals surface area contributed by atoms with Crippen LogP contribution in [0.2, 0.25) is 0 Å². The molecule has 4 atom stereocenters. The Morgan fingerprint density at radius 2 is 2.13 bits per heavy atom. The van der Waals surface area contributed by atoms with E-state index in [2.05, 4.69) is 20.6 Å². The van der Waals surface area contributed by atoms with Crippen LogP contribution in [0.5, 0.6) is 11.6 Å². The van der Waals surface area contributed by atoms with Gasteiger partial charge in [0, 0.05) is 29.7 Å². The van der Waals surface area contributed by atoms with Crippen molar-refractivity contribution in [3.8, 4) is 28.6 Å². The van der Waals surface area contributed by atoms with Crippen molar-refractivity contribution < 1.29 is 18.6 Å². The topological polar surface area (TPSA) is 85.1 Å². The van der Waals surface area contributed by atoms with Crippen molar-refractivity contribution in [1.82, 2.24) is 25.3 Å². The second-order valence-corrected chi connectivity index (χ2v) is 7.81. The van der Waals surface area contributed by atoms with E-state index in [4.69, 9.17) is 4.74 Å². The van der Waals surface area contributed by atoms with Gasteiger partial charge in [-0.25, -0.2) is 13.5 Å². The van der Waals surface area contributed by atoms with Crippen molar-refractivity contribution in [3.05, 3.63) is 60.7 Å². The van der Waals surface area contributed by atoms with Crippen LogP contribution < -0.4 is 10.1 Å². The summed E-state index contributed by atoms with van der Waals surface area (Å²) in [5.74, 6) is -0.300. The van der Waals surface area contributed by atoms with E-state index < -0.39 is 18.1 Å². The predicted molar refractivity (Wildman–Crippen MR) is 105 cm³/mol. The Morgan fingerprint density at radius 3 is 2.83 bits per heavy atom. The zero-order valence-electron chi connectivity index (χ0n) is 16.0. The van der Waals surface area contributed by atoms with Gasteiger partial charge in [-0.15, -0.1) is 10.2 Å². The molecular formula is C21H19F2N5O2. The first-order valence-corrected chi connectivity index (χ1v) is 9.56. The molecule has 154 valence electrons. The van der Waals surface area contributed by atoms with Gasteiger partial charge in [0.1, 0.15) is 11.9 Å². The molecule has 2 aromatic heterocycles. The molecule has 2 aliphatic rings. The van der Waals surface area contributed by atoms with Crippen LogP contribution in [0.15, 0.2) is 54.9 Å². The van der Waals surface area contributed by atoms with Crippen LogP contribution in [0.3, 0.4) is 0 Å². The number of halogens is 2. The van der Waals surface area contributed by atoms with Gasteiger partial charge in [-0.3, -0.25) is 5.32 Å². The Labute approximate surface area is 171 Å². The number of fused-ring (bicyclic) bond motifs is 2. The fraction of sp³-hybridized carbons (Fsp3) is 0.286. The number of phenolic OH excluding ortho intramolecular Hbond substituents is 1. The van der Waals surface area contributed by atoms with Crippen LogP contribution >= 0.6 is 0 Å². The van der Waals surface area contributed by atoms with Crippen molar-refractivity contribution in [1.29, 1.82) is 0 Å². The van der Waals surface area contributed by atoms with Gasteiger partial charge in [-0.2, -0.15) is 5.10 Å². The number of aromatic hydroxyl groups is 1. The van der Waals surface area contributed by atoms with Crippen molar-refractivity contribution >= 4 is 0 Å². The summed E-state index contributed by atoms with van der Waals surface area (Å²) >= 11 is 0. The number of rotatable bonds is 4. The predicted octanol–water partition coefficient (Wildman–Crippen LogP) is 2.95. The molecule has 4 heterocycles. The minimum Gasteiger partial charge on any atom is -0.507 e. The van der Waals surface area contributed by atoms with Crippen LogP contribution in [0.1, 0.15) is 13.3 Å².